The smallest absolute Gasteiger partial charge is 0.240 e. The van der Waals surface area contributed by atoms with Crippen molar-refractivity contribution in [2.24, 2.45) is 0 Å². The maximum atomic E-state index is 12.8. The number of ether oxygens (including phenoxy) is 4. The molecule has 2 aliphatic heterocycles. The van der Waals surface area contributed by atoms with Crippen LogP contribution in [0.25, 0.3) is 11.1 Å². The molecule has 0 radical (unpaired) electrons. The second-order valence-corrected chi connectivity index (χ2v) is 15.0. The largest absolute Gasteiger partial charge is 0.493 e. The standard InChI is InChI=1S/C42H44N2O7S/c1-48-40-22-34-18-19-44(26-36(34)23-41(40)49-2)27-37-24-39(31-16-14-29(28-45)15-17-31)51-42(50-37)35-11-7-10-33(21-35)32-9-6-8-30(20-32)25-43-52(46,47)38-12-4-3-5-13-38/h3-17,20-23,37,39,42-43,45H,18-19,24-28H2,1-2H3. The van der Waals surface area contributed by atoms with Gasteiger partial charge in [0.05, 0.1) is 37.9 Å². The maximum Gasteiger partial charge on any atom is 0.240 e. The number of nitrogens with zero attached hydrogens (tertiary/aromatic N) is 1. The van der Waals surface area contributed by atoms with Gasteiger partial charge in [0.25, 0.3) is 0 Å². The third-order valence-electron chi connectivity index (χ3n) is 9.81. The summed E-state index contributed by atoms with van der Waals surface area (Å²) in [6.45, 7) is 2.57. The highest BCUT2D eigenvalue weighted by molar-refractivity contribution is 7.89. The van der Waals surface area contributed by atoms with E-state index in [4.69, 9.17) is 18.9 Å². The van der Waals surface area contributed by atoms with E-state index in [0.29, 0.717) is 6.42 Å². The lowest BCUT2D eigenvalue weighted by molar-refractivity contribution is -0.253. The quantitative estimate of drug-likeness (QED) is 0.143. The molecular formula is C42H44N2O7S. The maximum absolute atomic E-state index is 12.8. The molecule has 5 aromatic carbocycles. The van der Waals surface area contributed by atoms with Gasteiger partial charge in [-0.25, -0.2) is 13.1 Å². The summed E-state index contributed by atoms with van der Waals surface area (Å²) in [5, 5.41) is 9.63. The van der Waals surface area contributed by atoms with Crippen LogP contribution in [-0.2, 0) is 45.6 Å². The van der Waals surface area contributed by atoms with Crippen molar-refractivity contribution in [1.82, 2.24) is 9.62 Å². The Morgan fingerprint density at radius 1 is 0.769 bits per heavy atom. The highest BCUT2D eigenvalue weighted by atomic mass is 32.2. The zero-order valence-corrected chi connectivity index (χ0v) is 30.2. The molecule has 5 aromatic rings. The van der Waals surface area contributed by atoms with Gasteiger partial charge in [-0.3, -0.25) is 4.90 Å². The lowest BCUT2D eigenvalue weighted by Crippen LogP contribution is -2.41. The molecule has 0 saturated carbocycles. The summed E-state index contributed by atoms with van der Waals surface area (Å²) in [6, 6.07) is 36.5. The third kappa shape index (κ3) is 8.23. The van der Waals surface area contributed by atoms with Crippen molar-refractivity contribution in [1.29, 1.82) is 0 Å². The van der Waals surface area contributed by atoms with Crippen LogP contribution in [0.1, 0.15) is 52.2 Å². The zero-order valence-electron chi connectivity index (χ0n) is 29.4. The SMILES string of the molecule is COc1cc2c(cc1OC)CN(CC1CC(c3ccc(CO)cc3)OC(c3cccc(-c4cccc(CNS(=O)(=O)c5ccccc5)c4)c3)O1)CC2. The molecular weight excluding hydrogens is 677 g/mol. The predicted molar refractivity (Wildman–Crippen MR) is 199 cm³/mol. The Kier molecular flexibility index (Phi) is 11.0. The Hall–Kier alpha value is -4.55. The van der Waals surface area contributed by atoms with Crippen LogP contribution >= 0.6 is 0 Å². The first-order chi connectivity index (χ1) is 25.3. The van der Waals surface area contributed by atoms with Crippen LogP contribution in [-0.4, -0.2) is 51.8 Å². The molecule has 9 nitrogen and oxygen atoms in total. The number of methoxy groups -OCH3 is 2. The Morgan fingerprint density at radius 2 is 1.48 bits per heavy atom. The second-order valence-electron chi connectivity index (χ2n) is 13.3. The molecule has 270 valence electrons. The van der Waals surface area contributed by atoms with Gasteiger partial charge in [0.15, 0.2) is 17.8 Å². The molecule has 0 amide bonds. The molecule has 52 heavy (non-hydrogen) atoms. The van der Waals surface area contributed by atoms with Gasteiger partial charge < -0.3 is 24.1 Å². The summed E-state index contributed by atoms with van der Waals surface area (Å²) in [6.07, 6.45) is 0.673. The molecule has 2 heterocycles. The number of hydrogen-bond donors (Lipinski definition) is 2. The Bertz CT molecular complexity index is 2090. The van der Waals surface area contributed by atoms with Gasteiger partial charge in [-0.15, -0.1) is 0 Å². The molecule has 7 rings (SSSR count). The van der Waals surface area contributed by atoms with E-state index in [0.717, 1.165) is 70.9 Å². The van der Waals surface area contributed by atoms with Crippen molar-refractivity contribution in [2.45, 2.75) is 55.9 Å². The first-order valence-electron chi connectivity index (χ1n) is 17.5. The van der Waals surface area contributed by atoms with Crippen LogP contribution in [0.15, 0.2) is 120 Å². The minimum Gasteiger partial charge on any atom is -0.493 e. The first kappa shape index (κ1) is 35.8. The molecule has 2 N–H and O–H groups in total. The molecule has 0 aromatic heterocycles. The molecule has 10 heteroatoms. The van der Waals surface area contributed by atoms with Crippen LogP contribution in [0.2, 0.25) is 0 Å². The number of benzene rings is 5. The Balaban J connectivity index is 1.10. The van der Waals surface area contributed by atoms with Crippen molar-refractivity contribution < 1.29 is 32.5 Å². The normalized spacial score (nSPS) is 19.2. The minimum absolute atomic E-state index is 0.0137. The first-order valence-corrected chi connectivity index (χ1v) is 19.0. The van der Waals surface area contributed by atoms with E-state index >= 15 is 0 Å². The third-order valence-corrected chi connectivity index (χ3v) is 11.2. The zero-order chi connectivity index (χ0) is 36.1. The average Bonchev–Trinajstić information content (AvgIpc) is 3.20. The van der Waals surface area contributed by atoms with E-state index in [1.807, 2.05) is 66.7 Å². The lowest BCUT2D eigenvalue weighted by Gasteiger charge is -2.39. The van der Waals surface area contributed by atoms with Gasteiger partial charge in [-0.2, -0.15) is 0 Å². The van der Waals surface area contributed by atoms with Crippen molar-refractivity contribution in [3.8, 4) is 22.6 Å². The summed E-state index contributed by atoms with van der Waals surface area (Å²) in [4.78, 5) is 2.67. The van der Waals surface area contributed by atoms with Gasteiger partial charge in [-0.1, -0.05) is 78.9 Å². The van der Waals surface area contributed by atoms with Gasteiger partial charge >= 0.3 is 0 Å². The van der Waals surface area contributed by atoms with Crippen molar-refractivity contribution in [2.75, 3.05) is 27.3 Å². The molecule has 1 fully saturated rings. The summed E-state index contributed by atoms with van der Waals surface area (Å²) in [5.41, 5.74) is 8.07. The molecule has 0 bridgehead atoms. The van der Waals surface area contributed by atoms with Crippen molar-refractivity contribution >= 4 is 10.0 Å². The molecule has 1 saturated heterocycles. The second kappa shape index (κ2) is 16.0. The van der Waals surface area contributed by atoms with Gasteiger partial charge in [0.1, 0.15) is 0 Å². The molecule has 0 aliphatic carbocycles. The van der Waals surface area contributed by atoms with Crippen LogP contribution < -0.4 is 14.2 Å². The summed E-state index contributed by atoms with van der Waals surface area (Å²) < 4.78 is 53.0. The van der Waals surface area contributed by atoms with Gasteiger partial charge in [0, 0.05) is 38.2 Å². The number of sulfonamides is 1. The van der Waals surface area contributed by atoms with Crippen molar-refractivity contribution in [3.63, 3.8) is 0 Å². The predicted octanol–water partition coefficient (Wildman–Crippen LogP) is 6.95. The van der Waals surface area contributed by atoms with Crippen molar-refractivity contribution in [3.05, 3.63) is 149 Å². The average molecular weight is 721 g/mol. The van der Waals surface area contributed by atoms with E-state index in [9.17, 15) is 13.5 Å². The summed E-state index contributed by atoms with van der Waals surface area (Å²) in [7, 11) is -0.307. The summed E-state index contributed by atoms with van der Waals surface area (Å²) in [5.74, 6) is 1.48. The monoisotopic (exact) mass is 720 g/mol. The van der Waals surface area contributed by atoms with Crippen LogP contribution in [0.3, 0.4) is 0 Å². The molecule has 2 aliphatic rings. The molecule has 0 spiro atoms. The van der Waals surface area contributed by atoms with Crippen LogP contribution in [0.5, 0.6) is 11.5 Å². The number of aliphatic hydroxyl groups excluding tert-OH is 1. The fourth-order valence-electron chi connectivity index (χ4n) is 7.01. The van der Waals surface area contributed by atoms with Gasteiger partial charge in [0.2, 0.25) is 10.0 Å². The van der Waals surface area contributed by atoms with Crippen LogP contribution in [0, 0.1) is 0 Å². The highest BCUT2D eigenvalue weighted by Gasteiger charge is 2.34. The number of nitrogens with one attached hydrogen (secondary N) is 1. The highest BCUT2D eigenvalue weighted by Crippen LogP contribution is 2.40. The van der Waals surface area contributed by atoms with Crippen LogP contribution in [0.4, 0.5) is 0 Å². The Labute approximate surface area is 305 Å². The number of hydrogen-bond acceptors (Lipinski definition) is 8. The summed E-state index contributed by atoms with van der Waals surface area (Å²) >= 11 is 0. The number of aliphatic hydroxyl groups is 1. The van der Waals surface area contributed by atoms with Gasteiger partial charge in [-0.05, 0) is 81.8 Å². The fourth-order valence-corrected chi connectivity index (χ4v) is 8.04. The molecule has 3 atom stereocenters. The topological polar surface area (TPSA) is 107 Å². The van der Waals surface area contributed by atoms with E-state index in [1.165, 1.54) is 11.1 Å². The number of rotatable bonds is 12. The lowest BCUT2D eigenvalue weighted by atomic mass is 9.96. The van der Waals surface area contributed by atoms with E-state index in [2.05, 4.69) is 27.8 Å². The fraction of sp³-hybridized carbons (Fsp3) is 0.286. The van der Waals surface area contributed by atoms with E-state index in [1.54, 1.807) is 44.6 Å². The minimum atomic E-state index is -3.64. The Morgan fingerprint density at radius 3 is 2.21 bits per heavy atom. The van der Waals surface area contributed by atoms with E-state index < -0.39 is 16.3 Å². The number of fused-ring (bicyclic) bond motifs is 1. The van der Waals surface area contributed by atoms with E-state index in [-0.39, 0.29) is 30.3 Å². The molecule has 3 unspecified atom stereocenters.